The third-order valence-corrected chi connectivity index (χ3v) is 5.59. The van der Waals surface area contributed by atoms with Crippen LogP contribution in [0.4, 0.5) is 16.4 Å². The zero-order chi connectivity index (χ0) is 21.4. The SMILES string of the molecule is C[C@H](Nc1nccc(-n2cnc3cc(N4CCN(C)C4=O)ccc32)n1)c1ccccc1. The molecule has 0 unspecified atom stereocenters. The number of nitrogens with zero attached hydrogens (tertiary/aromatic N) is 6. The van der Waals surface area contributed by atoms with Crippen LogP contribution in [0.3, 0.4) is 0 Å². The van der Waals surface area contributed by atoms with Crippen molar-refractivity contribution in [3.63, 3.8) is 0 Å². The first-order valence-electron chi connectivity index (χ1n) is 10.2. The number of aromatic nitrogens is 4. The molecule has 0 aliphatic carbocycles. The lowest BCUT2D eigenvalue weighted by atomic mass is 10.1. The highest BCUT2D eigenvalue weighted by molar-refractivity contribution is 5.96. The Bertz CT molecular complexity index is 1240. The van der Waals surface area contributed by atoms with Gasteiger partial charge in [-0.3, -0.25) is 9.47 Å². The first-order chi connectivity index (χ1) is 15.1. The molecule has 0 saturated carbocycles. The van der Waals surface area contributed by atoms with Crippen molar-refractivity contribution in [2.75, 3.05) is 30.4 Å². The number of fused-ring (bicyclic) bond motifs is 1. The number of anilines is 2. The summed E-state index contributed by atoms with van der Waals surface area (Å²) < 4.78 is 1.93. The monoisotopic (exact) mass is 413 g/mol. The highest BCUT2D eigenvalue weighted by Gasteiger charge is 2.26. The molecule has 1 saturated heterocycles. The zero-order valence-corrected chi connectivity index (χ0v) is 17.4. The topological polar surface area (TPSA) is 79.2 Å². The summed E-state index contributed by atoms with van der Waals surface area (Å²) in [5.41, 5.74) is 3.75. The van der Waals surface area contributed by atoms with E-state index in [0.717, 1.165) is 29.1 Å². The van der Waals surface area contributed by atoms with Crippen molar-refractivity contribution < 1.29 is 4.79 Å². The van der Waals surface area contributed by atoms with Crippen molar-refractivity contribution in [1.82, 2.24) is 24.4 Å². The Morgan fingerprint density at radius 1 is 1.03 bits per heavy atom. The minimum absolute atomic E-state index is 0.0119. The first kappa shape index (κ1) is 19.0. The number of hydrogen-bond donors (Lipinski definition) is 1. The largest absolute Gasteiger partial charge is 0.348 e. The number of amides is 2. The van der Waals surface area contributed by atoms with E-state index in [1.54, 1.807) is 22.3 Å². The van der Waals surface area contributed by atoms with Crippen LogP contribution < -0.4 is 10.2 Å². The molecule has 3 heterocycles. The molecule has 1 atom stereocenters. The maximum atomic E-state index is 12.3. The van der Waals surface area contributed by atoms with Crippen molar-refractivity contribution in [1.29, 1.82) is 0 Å². The van der Waals surface area contributed by atoms with Gasteiger partial charge in [-0.25, -0.2) is 14.8 Å². The molecule has 2 aromatic heterocycles. The third kappa shape index (κ3) is 3.56. The lowest BCUT2D eigenvalue weighted by molar-refractivity contribution is 0.229. The van der Waals surface area contributed by atoms with Crippen LogP contribution in [0.5, 0.6) is 0 Å². The molecule has 1 N–H and O–H groups in total. The van der Waals surface area contributed by atoms with Crippen LogP contribution in [0.15, 0.2) is 67.1 Å². The fourth-order valence-corrected chi connectivity index (χ4v) is 3.81. The summed E-state index contributed by atoms with van der Waals surface area (Å²) in [4.78, 5) is 29.4. The number of carbonyl (C=O) groups excluding carboxylic acids is 1. The van der Waals surface area contributed by atoms with Crippen LogP contribution in [0.1, 0.15) is 18.5 Å². The van der Waals surface area contributed by atoms with Crippen molar-refractivity contribution in [3.05, 3.63) is 72.7 Å². The highest BCUT2D eigenvalue weighted by atomic mass is 16.2. The summed E-state index contributed by atoms with van der Waals surface area (Å²) in [7, 11) is 1.81. The molecule has 0 spiro atoms. The Morgan fingerprint density at radius 3 is 2.65 bits per heavy atom. The molecule has 156 valence electrons. The van der Waals surface area contributed by atoms with Gasteiger partial charge >= 0.3 is 6.03 Å². The second-order valence-electron chi connectivity index (χ2n) is 7.66. The fourth-order valence-electron chi connectivity index (χ4n) is 3.81. The summed E-state index contributed by atoms with van der Waals surface area (Å²) in [5, 5.41) is 3.36. The van der Waals surface area contributed by atoms with Crippen LogP contribution in [0, 0.1) is 0 Å². The van der Waals surface area contributed by atoms with Crippen LogP contribution in [-0.4, -0.2) is 50.6 Å². The van der Waals surface area contributed by atoms with E-state index < -0.39 is 0 Å². The minimum atomic E-state index is 0.0119. The molecule has 1 aliphatic heterocycles. The molecular weight excluding hydrogens is 390 g/mol. The van der Waals surface area contributed by atoms with Gasteiger partial charge in [0.2, 0.25) is 5.95 Å². The van der Waals surface area contributed by atoms with Gasteiger partial charge in [-0.15, -0.1) is 0 Å². The number of imidazole rings is 1. The second kappa shape index (κ2) is 7.71. The number of likely N-dealkylation sites (N-methyl/N-ethyl adjacent to an activating group) is 1. The maximum Gasteiger partial charge on any atom is 0.324 e. The van der Waals surface area contributed by atoms with E-state index in [4.69, 9.17) is 0 Å². The van der Waals surface area contributed by atoms with Gasteiger partial charge in [-0.05, 0) is 36.8 Å². The number of benzene rings is 2. The van der Waals surface area contributed by atoms with Crippen LogP contribution in [0.25, 0.3) is 16.9 Å². The summed E-state index contributed by atoms with van der Waals surface area (Å²) in [6.45, 7) is 3.49. The molecule has 8 heteroatoms. The number of nitrogens with one attached hydrogen (secondary N) is 1. The molecule has 31 heavy (non-hydrogen) atoms. The van der Waals surface area contributed by atoms with E-state index in [1.165, 1.54) is 5.56 Å². The maximum absolute atomic E-state index is 12.3. The number of urea groups is 1. The Balaban J connectivity index is 1.42. The van der Waals surface area contributed by atoms with Gasteiger partial charge in [0.1, 0.15) is 12.1 Å². The van der Waals surface area contributed by atoms with Gasteiger partial charge in [0.05, 0.1) is 17.1 Å². The van der Waals surface area contributed by atoms with E-state index in [2.05, 4.69) is 39.3 Å². The Kier molecular flexibility index (Phi) is 4.74. The summed E-state index contributed by atoms with van der Waals surface area (Å²) in [6, 6.07) is 18.0. The van der Waals surface area contributed by atoms with E-state index in [0.29, 0.717) is 12.5 Å². The van der Waals surface area contributed by atoms with Gasteiger partial charge in [0.15, 0.2) is 0 Å². The van der Waals surface area contributed by atoms with Crippen LogP contribution in [-0.2, 0) is 0 Å². The molecular formula is C23H23N7O. The van der Waals surface area contributed by atoms with Gasteiger partial charge in [0.25, 0.3) is 0 Å². The molecule has 8 nitrogen and oxygen atoms in total. The molecule has 4 aromatic rings. The van der Waals surface area contributed by atoms with Crippen LogP contribution >= 0.6 is 0 Å². The molecule has 1 fully saturated rings. The fraction of sp³-hybridized carbons (Fsp3) is 0.217. The van der Waals surface area contributed by atoms with E-state index >= 15 is 0 Å². The lowest BCUT2D eigenvalue weighted by Crippen LogP contribution is -2.29. The predicted molar refractivity (Wildman–Crippen MR) is 121 cm³/mol. The number of rotatable bonds is 5. The molecule has 0 bridgehead atoms. The van der Waals surface area contributed by atoms with Crippen molar-refractivity contribution >= 4 is 28.7 Å². The smallest absolute Gasteiger partial charge is 0.324 e. The van der Waals surface area contributed by atoms with Gasteiger partial charge < -0.3 is 10.2 Å². The molecule has 0 radical (unpaired) electrons. The Morgan fingerprint density at radius 2 is 1.87 bits per heavy atom. The Hall–Kier alpha value is -3.94. The average Bonchev–Trinajstić information content (AvgIpc) is 3.37. The second-order valence-corrected chi connectivity index (χ2v) is 7.66. The van der Waals surface area contributed by atoms with Crippen molar-refractivity contribution in [3.8, 4) is 5.82 Å². The third-order valence-electron chi connectivity index (χ3n) is 5.59. The quantitative estimate of drug-likeness (QED) is 0.537. The van der Waals surface area contributed by atoms with Crippen molar-refractivity contribution in [2.24, 2.45) is 0 Å². The standard InChI is InChI=1S/C23H23N7O/c1-16(17-6-4-3-5-7-17)26-22-24-11-10-21(27-22)30-15-25-19-14-18(8-9-20(19)30)29-13-12-28(2)23(29)31/h3-11,14-16H,12-13H2,1-2H3,(H,24,26,27)/t16-/m0/s1. The van der Waals surface area contributed by atoms with Crippen LogP contribution in [0.2, 0.25) is 0 Å². The summed E-state index contributed by atoms with van der Waals surface area (Å²) in [5.74, 6) is 1.28. The molecule has 2 aromatic carbocycles. The van der Waals surface area contributed by atoms with Gasteiger partial charge in [-0.1, -0.05) is 30.3 Å². The van der Waals surface area contributed by atoms with Gasteiger partial charge in [-0.2, -0.15) is 4.98 Å². The number of carbonyl (C=O) groups is 1. The number of hydrogen-bond acceptors (Lipinski definition) is 5. The predicted octanol–water partition coefficient (Wildman–Crippen LogP) is 3.86. The summed E-state index contributed by atoms with van der Waals surface area (Å²) >= 11 is 0. The Labute approximate surface area is 180 Å². The minimum Gasteiger partial charge on any atom is -0.348 e. The van der Waals surface area contributed by atoms with E-state index in [9.17, 15) is 4.79 Å². The summed E-state index contributed by atoms with van der Waals surface area (Å²) in [6.07, 6.45) is 3.49. The van der Waals surface area contributed by atoms with Gasteiger partial charge in [0, 0.05) is 32.0 Å². The van der Waals surface area contributed by atoms with Crippen molar-refractivity contribution in [2.45, 2.75) is 13.0 Å². The molecule has 1 aliphatic rings. The van der Waals surface area contributed by atoms with E-state index in [1.807, 2.05) is 54.1 Å². The average molecular weight is 413 g/mol. The normalized spacial score (nSPS) is 15.0. The van der Waals surface area contributed by atoms with E-state index in [-0.39, 0.29) is 12.1 Å². The highest BCUT2D eigenvalue weighted by Crippen LogP contribution is 2.26. The molecule has 2 amide bonds. The lowest BCUT2D eigenvalue weighted by Gasteiger charge is -2.16. The first-order valence-corrected chi connectivity index (χ1v) is 10.2. The molecule has 5 rings (SSSR count). The zero-order valence-electron chi connectivity index (χ0n) is 17.4.